The minimum atomic E-state index is -1.05. The van der Waals surface area contributed by atoms with Gasteiger partial charge < -0.3 is 20.1 Å². The highest BCUT2D eigenvalue weighted by Gasteiger charge is 2.21. The van der Waals surface area contributed by atoms with Crippen molar-refractivity contribution in [2.75, 3.05) is 24.6 Å². The predicted molar refractivity (Wildman–Crippen MR) is 131 cm³/mol. The van der Waals surface area contributed by atoms with Crippen LogP contribution < -0.4 is 15.0 Å². The van der Waals surface area contributed by atoms with E-state index in [1.807, 2.05) is 19.1 Å². The first-order chi connectivity index (χ1) is 16.0. The molecule has 1 heterocycles. The first-order valence-corrected chi connectivity index (χ1v) is 11.8. The number of carbonyl (C=O) groups is 2. The Morgan fingerprint density at radius 3 is 2.61 bits per heavy atom. The second-order valence-electron chi connectivity index (χ2n) is 8.28. The molecule has 0 aliphatic carbocycles. The summed E-state index contributed by atoms with van der Waals surface area (Å²) in [6.45, 7) is 6.22. The normalized spacial score (nSPS) is 14.8. The van der Waals surface area contributed by atoms with Gasteiger partial charge in [0.2, 0.25) is 5.91 Å². The summed E-state index contributed by atoms with van der Waals surface area (Å²) >= 11 is 0. The minimum absolute atomic E-state index is 0.0995. The molecule has 2 aromatic carbocycles. The van der Waals surface area contributed by atoms with E-state index in [1.165, 1.54) is 31.0 Å². The summed E-state index contributed by atoms with van der Waals surface area (Å²) in [6, 6.07) is 13.0. The van der Waals surface area contributed by atoms with Gasteiger partial charge in [0.25, 0.3) is 0 Å². The van der Waals surface area contributed by atoms with Crippen LogP contribution in [-0.2, 0) is 11.2 Å². The van der Waals surface area contributed by atoms with Gasteiger partial charge in [0, 0.05) is 18.8 Å². The van der Waals surface area contributed by atoms with E-state index in [2.05, 4.69) is 34.5 Å². The van der Waals surface area contributed by atoms with Gasteiger partial charge in [-0.1, -0.05) is 36.4 Å². The number of carboxylic acid groups (broad SMARTS) is 1. The van der Waals surface area contributed by atoms with Crippen molar-refractivity contribution in [3.05, 3.63) is 71.3 Å². The zero-order chi connectivity index (χ0) is 23.6. The number of carbonyl (C=O) groups excluding carboxylic acids is 1. The number of amides is 1. The Kier molecular flexibility index (Phi) is 8.93. The van der Waals surface area contributed by atoms with Crippen molar-refractivity contribution in [3.8, 4) is 5.75 Å². The van der Waals surface area contributed by atoms with Crippen LogP contribution >= 0.6 is 0 Å². The molecular weight excluding hydrogens is 416 g/mol. The summed E-state index contributed by atoms with van der Waals surface area (Å²) in [4.78, 5) is 26.9. The number of hydrogen-bond donors (Lipinski definition) is 2. The van der Waals surface area contributed by atoms with Crippen molar-refractivity contribution >= 4 is 17.6 Å². The van der Waals surface area contributed by atoms with Gasteiger partial charge >= 0.3 is 5.97 Å². The zero-order valence-electron chi connectivity index (χ0n) is 19.5. The molecule has 6 heteroatoms. The van der Waals surface area contributed by atoms with E-state index in [0.29, 0.717) is 13.0 Å². The largest absolute Gasteiger partial charge is 0.493 e. The molecule has 33 heavy (non-hydrogen) atoms. The Bertz CT molecular complexity index is 980. The lowest BCUT2D eigenvalue weighted by atomic mass is 9.98. The highest BCUT2D eigenvalue weighted by molar-refractivity contribution is 5.91. The summed E-state index contributed by atoms with van der Waals surface area (Å²) in [7, 11) is 0. The Morgan fingerprint density at radius 1 is 1.15 bits per heavy atom. The number of benzene rings is 2. The monoisotopic (exact) mass is 450 g/mol. The van der Waals surface area contributed by atoms with Crippen LogP contribution in [-0.4, -0.2) is 36.7 Å². The van der Waals surface area contributed by atoms with Crippen molar-refractivity contribution in [3.63, 3.8) is 0 Å². The van der Waals surface area contributed by atoms with E-state index >= 15 is 0 Å². The number of ether oxygens (including phenoxy) is 1. The van der Waals surface area contributed by atoms with Gasteiger partial charge in [-0.3, -0.25) is 4.79 Å². The van der Waals surface area contributed by atoms with Crippen LogP contribution in [0.15, 0.2) is 54.6 Å². The molecule has 3 rings (SSSR count). The SMILES string of the molecule is C/C=C/CC(NC(=O)Cc1ccc(C(=O)O)c(OCC)c1)c1ccccc1N1CCCCC1. The van der Waals surface area contributed by atoms with Crippen LogP contribution in [0.2, 0.25) is 0 Å². The lowest BCUT2D eigenvalue weighted by Gasteiger charge is -2.32. The number of hydrogen-bond acceptors (Lipinski definition) is 4. The van der Waals surface area contributed by atoms with E-state index in [0.717, 1.165) is 24.2 Å². The maximum atomic E-state index is 13.0. The van der Waals surface area contributed by atoms with Crippen molar-refractivity contribution < 1.29 is 19.4 Å². The fraction of sp³-hybridized carbons (Fsp3) is 0.407. The Morgan fingerprint density at radius 2 is 1.91 bits per heavy atom. The third-order valence-electron chi connectivity index (χ3n) is 5.89. The Labute approximate surface area is 196 Å². The lowest BCUT2D eigenvalue weighted by molar-refractivity contribution is -0.121. The van der Waals surface area contributed by atoms with Crippen molar-refractivity contribution in [1.29, 1.82) is 0 Å². The number of piperidine rings is 1. The molecule has 2 N–H and O–H groups in total. The summed E-state index contributed by atoms with van der Waals surface area (Å²) < 4.78 is 5.48. The maximum Gasteiger partial charge on any atom is 0.339 e. The molecule has 6 nitrogen and oxygen atoms in total. The molecule has 0 saturated carbocycles. The van der Waals surface area contributed by atoms with E-state index in [-0.39, 0.29) is 29.7 Å². The number of nitrogens with zero attached hydrogens (tertiary/aromatic N) is 1. The zero-order valence-corrected chi connectivity index (χ0v) is 19.5. The van der Waals surface area contributed by atoms with Crippen LogP contribution in [0.5, 0.6) is 5.75 Å². The van der Waals surface area contributed by atoms with Gasteiger partial charge in [-0.15, -0.1) is 0 Å². The fourth-order valence-electron chi connectivity index (χ4n) is 4.30. The van der Waals surface area contributed by atoms with E-state index in [1.54, 1.807) is 19.1 Å². The van der Waals surface area contributed by atoms with Crippen molar-refractivity contribution in [1.82, 2.24) is 5.32 Å². The number of allylic oxidation sites excluding steroid dienone is 1. The number of anilines is 1. The molecule has 0 radical (unpaired) electrons. The molecule has 1 aliphatic heterocycles. The number of para-hydroxylation sites is 1. The van der Waals surface area contributed by atoms with Crippen LogP contribution in [0, 0.1) is 0 Å². The fourth-order valence-corrected chi connectivity index (χ4v) is 4.30. The molecule has 0 bridgehead atoms. The molecule has 1 atom stereocenters. The molecule has 1 unspecified atom stereocenters. The van der Waals surface area contributed by atoms with E-state index in [4.69, 9.17) is 4.74 Å². The van der Waals surface area contributed by atoms with Gasteiger partial charge in [0.1, 0.15) is 11.3 Å². The lowest BCUT2D eigenvalue weighted by Crippen LogP contribution is -2.34. The highest BCUT2D eigenvalue weighted by Crippen LogP contribution is 2.31. The van der Waals surface area contributed by atoms with Crippen LogP contribution in [0.1, 0.15) is 67.1 Å². The average Bonchev–Trinajstić information content (AvgIpc) is 2.82. The second kappa shape index (κ2) is 12.1. The van der Waals surface area contributed by atoms with Crippen molar-refractivity contribution in [2.45, 2.75) is 52.0 Å². The number of rotatable bonds is 10. The van der Waals surface area contributed by atoms with Gasteiger partial charge in [-0.2, -0.15) is 0 Å². The summed E-state index contributed by atoms with van der Waals surface area (Å²) in [5, 5.41) is 12.6. The smallest absolute Gasteiger partial charge is 0.339 e. The Balaban J connectivity index is 1.79. The van der Waals surface area contributed by atoms with Crippen LogP contribution in [0.3, 0.4) is 0 Å². The molecule has 176 valence electrons. The third-order valence-corrected chi connectivity index (χ3v) is 5.89. The van der Waals surface area contributed by atoms with E-state index < -0.39 is 5.97 Å². The molecule has 2 aromatic rings. The number of aromatic carboxylic acids is 1. The van der Waals surface area contributed by atoms with Gasteiger partial charge in [0.15, 0.2) is 0 Å². The third kappa shape index (κ3) is 6.60. The van der Waals surface area contributed by atoms with Crippen LogP contribution in [0.4, 0.5) is 5.69 Å². The standard InChI is InChI=1S/C27H34N2O4/c1-3-5-12-23(21-11-7-8-13-24(21)29-16-9-6-10-17-29)28-26(30)19-20-14-15-22(27(31)32)25(18-20)33-4-2/h3,5,7-8,11,13-15,18,23H,4,6,9-10,12,16-17,19H2,1-2H3,(H,28,30)(H,31,32)/b5-3+. The van der Waals surface area contributed by atoms with Crippen LogP contribution in [0.25, 0.3) is 0 Å². The van der Waals surface area contributed by atoms with Gasteiger partial charge in [-0.05, 0) is 68.9 Å². The Hall–Kier alpha value is -3.28. The first-order valence-electron chi connectivity index (χ1n) is 11.8. The molecule has 0 aromatic heterocycles. The average molecular weight is 451 g/mol. The molecule has 1 fully saturated rings. The minimum Gasteiger partial charge on any atom is -0.493 e. The first kappa shape index (κ1) is 24.4. The quantitative estimate of drug-likeness (QED) is 0.490. The highest BCUT2D eigenvalue weighted by atomic mass is 16.5. The molecule has 1 aliphatic rings. The molecular formula is C27H34N2O4. The predicted octanol–water partition coefficient (Wildman–Crippen LogP) is 5.14. The summed E-state index contributed by atoms with van der Waals surface area (Å²) in [5.74, 6) is -0.866. The molecule has 1 saturated heterocycles. The molecule has 1 amide bonds. The second-order valence-corrected chi connectivity index (χ2v) is 8.28. The summed E-state index contributed by atoms with van der Waals surface area (Å²) in [5.41, 5.74) is 3.14. The molecule has 0 spiro atoms. The maximum absolute atomic E-state index is 13.0. The van der Waals surface area contributed by atoms with Gasteiger partial charge in [-0.25, -0.2) is 4.79 Å². The number of nitrogens with one attached hydrogen (secondary N) is 1. The summed E-state index contributed by atoms with van der Waals surface area (Å²) in [6.07, 6.45) is 8.58. The topological polar surface area (TPSA) is 78.9 Å². The van der Waals surface area contributed by atoms with Gasteiger partial charge in [0.05, 0.1) is 19.1 Å². The van der Waals surface area contributed by atoms with E-state index in [9.17, 15) is 14.7 Å². The van der Waals surface area contributed by atoms with Crippen molar-refractivity contribution in [2.24, 2.45) is 0 Å². The number of carboxylic acids is 1.